The molecular weight excluding hydrogens is 332 g/mol. The van der Waals surface area contributed by atoms with E-state index in [1.54, 1.807) is 12.1 Å². The second-order valence-corrected chi connectivity index (χ2v) is 7.45. The summed E-state index contributed by atoms with van der Waals surface area (Å²) in [5, 5.41) is 0. The molecule has 0 saturated heterocycles. The first-order chi connectivity index (χ1) is 10.3. The van der Waals surface area contributed by atoms with Crippen molar-refractivity contribution < 1.29 is 22.0 Å². The maximum absolute atomic E-state index is 13.5. The van der Waals surface area contributed by atoms with Gasteiger partial charge in [0.15, 0.2) is 5.78 Å². The maximum atomic E-state index is 13.5. The first kappa shape index (κ1) is 16.7. The van der Waals surface area contributed by atoms with Gasteiger partial charge in [-0.15, -0.1) is 11.3 Å². The lowest BCUT2D eigenvalue weighted by molar-refractivity contribution is 0.102. The summed E-state index contributed by atoms with van der Waals surface area (Å²) in [4.78, 5) is 11.9. The molecule has 2 rings (SSSR count). The van der Waals surface area contributed by atoms with E-state index in [9.17, 15) is 22.0 Å². The molecule has 0 amide bonds. The largest absolute Gasteiger partial charge is 0.294 e. The number of carbonyl (C=O) groups excluding carboxylic acids is 1. The molecule has 0 saturated carbocycles. The zero-order valence-electron chi connectivity index (χ0n) is 11.6. The van der Waals surface area contributed by atoms with Gasteiger partial charge >= 0.3 is 0 Å². The van der Waals surface area contributed by atoms with Crippen molar-refractivity contribution in [3.63, 3.8) is 0 Å². The van der Waals surface area contributed by atoms with Crippen molar-refractivity contribution >= 4 is 27.1 Å². The van der Waals surface area contributed by atoms with Crippen LogP contribution in [0.4, 0.5) is 8.78 Å². The lowest BCUT2D eigenvalue weighted by Gasteiger charge is -2.07. The van der Waals surface area contributed by atoms with E-state index < -0.39 is 26.6 Å². The zero-order valence-corrected chi connectivity index (χ0v) is 13.2. The predicted molar refractivity (Wildman–Crippen MR) is 79.6 cm³/mol. The number of Topliss-reactive ketones (excluding diaryl/α,β-unsaturated/α-hetero) is 1. The zero-order chi connectivity index (χ0) is 16.3. The number of hydrogen-bond donors (Lipinski definition) is 1. The molecule has 22 heavy (non-hydrogen) atoms. The van der Waals surface area contributed by atoms with Gasteiger partial charge in [-0.3, -0.25) is 4.79 Å². The van der Waals surface area contributed by atoms with Crippen LogP contribution < -0.4 is 4.72 Å². The highest BCUT2D eigenvalue weighted by molar-refractivity contribution is 7.89. The Kier molecular flexibility index (Phi) is 5.05. The Balaban J connectivity index is 2.03. The molecular formula is C14H13F2NO3S2. The van der Waals surface area contributed by atoms with Gasteiger partial charge in [0, 0.05) is 11.4 Å². The van der Waals surface area contributed by atoms with Crippen LogP contribution in [0.25, 0.3) is 0 Å². The van der Waals surface area contributed by atoms with Crippen LogP contribution in [0.3, 0.4) is 0 Å². The summed E-state index contributed by atoms with van der Waals surface area (Å²) in [5.41, 5.74) is 0. The minimum atomic E-state index is -4.12. The fourth-order valence-corrected chi connectivity index (χ4v) is 3.79. The number of halogens is 2. The molecule has 0 aliphatic rings. The summed E-state index contributed by atoms with van der Waals surface area (Å²) in [6, 6.07) is 5.66. The van der Waals surface area contributed by atoms with Crippen LogP contribution in [0.5, 0.6) is 0 Å². The number of rotatable bonds is 6. The molecule has 0 spiro atoms. The predicted octanol–water partition coefficient (Wildman–Crippen LogP) is 2.75. The van der Waals surface area contributed by atoms with E-state index in [1.165, 1.54) is 18.3 Å². The molecule has 1 heterocycles. The van der Waals surface area contributed by atoms with E-state index in [-0.39, 0.29) is 12.3 Å². The molecule has 0 fully saturated rings. The number of sulfonamides is 1. The van der Waals surface area contributed by atoms with E-state index in [2.05, 4.69) is 4.72 Å². The third-order valence-corrected chi connectivity index (χ3v) is 5.58. The number of thiophene rings is 1. The molecule has 1 aromatic heterocycles. The Bertz CT molecular complexity index is 800. The van der Waals surface area contributed by atoms with Crippen molar-refractivity contribution in [2.24, 2.45) is 0 Å². The fraction of sp³-hybridized carbons (Fsp3) is 0.214. The summed E-state index contributed by atoms with van der Waals surface area (Å²) >= 11 is 1.27. The Morgan fingerprint density at radius 3 is 2.59 bits per heavy atom. The quantitative estimate of drug-likeness (QED) is 0.819. The van der Waals surface area contributed by atoms with Gasteiger partial charge in [0.05, 0.1) is 4.88 Å². The molecule has 0 radical (unpaired) electrons. The van der Waals surface area contributed by atoms with Crippen LogP contribution in [0.15, 0.2) is 35.2 Å². The topological polar surface area (TPSA) is 63.2 Å². The lowest BCUT2D eigenvalue weighted by atomic mass is 10.3. The SMILES string of the molecule is CC(=O)c1ccc(CCNS(=O)(=O)c2cc(F)ccc2F)s1. The molecule has 0 aliphatic carbocycles. The molecule has 1 N–H and O–H groups in total. The third kappa shape index (κ3) is 3.96. The van der Waals surface area contributed by atoms with Gasteiger partial charge < -0.3 is 0 Å². The minimum Gasteiger partial charge on any atom is -0.294 e. The second kappa shape index (κ2) is 6.64. The minimum absolute atomic E-state index is 0.0240. The van der Waals surface area contributed by atoms with Crippen LogP contribution in [0.1, 0.15) is 21.5 Å². The van der Waals surface area contributed by atoms with Crippen molar-refractivity contribution in [3.05, 3.63) is 51.7 Å². The van der Waals surface area contributed by atoms with Gasteiger partial charge in [-0.25, -0.2) is 21.9 Å². The Morgan fingerprint density at radius 2 is 1.95 bits per heavy atom. The first-order valence-electron chi connectivity index (χ1n) is 6.34. The molecule has 8 heteroatoms. The Labute approximate surface area is 130 Å². The number of hydrogen-bond acceptors (Lipinski definition) is 4. The normalized spacial score (nSPS) is 11.6. The van der Waals surface area contributed by atoms with Crippen molar-refractivity contribution in [1.29, 1.82) is 0 Å². The van der Waals surface area contributed by atoms with Crippen LogP contribution in [-0.4, -0.2) is 20.7 Å². The van der Waals surface area contributed by atoms with Crippen molar-refractivity contribution in [2.75, 3.05) is 6.54 Å². The molecule has 4 nitrogen and oxygen atoms in total. The average molecular weight is 345 g/mol. The Hall–Kier alpha value is -1.64. The molecule has 0 aliphatic heterocycles. The van der Waals surface area contributed by atoms with Crippen molar-refractivity contribution in [1.82, 2.24) is 4.72 Å². The van der Waals surface area contributed by atoms with Crippen LogP contribution in [-0.2, 0) is 16.4 Å². The standard InChI is InChI=1S/C14H13F2NO3S2/c1-9(18)13-5-3-11(21-13)6-7-17-22(19,20)14-8-10(15)2-4-12(14)16/h2-5,8,17H,6-7H2,1H3. The van der Waals surface area contributed by atoms with Crippen LogP contribution in [0, 0.1) is 11.6 Å². The van der Waals surface area contributed by atoms with Gasteiger partial charge in [-0.1, -0.05) is 0 Å². The number of benzene rings is 1. The van der Waals surface area contributed by atoms with E-state index in [0.717, 1.165) is 17.0 Å². The van der Waals surface area contributed by atoms with E-state index in [0.29, 0.717) is 17.4 Å². The highest BCUT2D eigenvalue weighted by Gasteiger charge is 2.19. The van der Waals surface area contributed by atoms with Gasteiger partial charge in [-0.05, 0) is 43.7 Å². The Morgan fingerprint density at radius 1 is 1.23 bits per heavy atom. The number of ketones is 1. The summed E-state index contributed by atoms with van der Waals surface area (Å²) in [6.07, 6.45) is 0.355. The highest BCUT2D eigenvalue weighted by atomic mass is 32.2. The van der Waals surface area contributed by atoms with E-state index in [4.69, 9.17) is 0 Å². The third-order valence-electron chi connectivity index (χ3n) is 2.85. The summed E-state index contributed by atoms with van der Waals surface area (Å²) in [7, 11) is -4.12. The van der Waals surface area contributed by atoms with Gasteiger partial charge in [0.1, 0.15) is 16.5 Å². The lowest BCUT2D eigenvalue weighted by Crippen LogP contribution is -2.26. The first-order valence-corrected chi connectivity index (χ1v) is 8.64. The molecule has 0 atom stereocenters. The van der Waals surface area contributed by atoms with E-state index >= 15 is 0 Å². The average Bonchev–Trinajstić information content (AvgIpc) is 2.90. The smallest absolute Gasteiger partial charge is 0.243 e. The molecule has 1 aromatic carbocycles. The number of carbonyl (C=O) groups is 1. The maximum Gasteiger partial charge on any atom is 0.243 e. The van der Waals surface area contributed by atoms with Crippen molar-refractivity contribution in [2.45, 2.75) is 18.2 Å². The molecule has 118 valence electrons. The summed E-state index contributed by atoms with van der Waals surface area (Å²) < 4.78 is 52.6. The number of nitrogens with one attached hydrogen (secondary N) is 1. The monoisotopic (exact) mass is 345 g/mol. The molecule has 0 bridgehead atoms. The van der Waals surface area contributed by atoms with Crippen LogP contribution >= 0.6 is 11.3 Å². The van der Waals surface area contributed by atoms with Crippen LogP contribution in [0.2, 0.25) is 0 Å². The van der Waals surface area contributed by atoms with Gasteiger partial charge in [0.25, 0.3) is 0 Å². The summed E-state index contributed by atoms with van der Waals surface area (Å²) in [5.74, 6) is -1.89. The van der Waals surface area contributed by atoms with Gasteiger partial charge in [0.2, 0.25) is 10.0 Å². The van der Waals surface area contributed by atoms with E-state index in [1.807, 2.05) is 0 Å². The highest BCUT2D eigenvalue weighted by Crippen LogP contribution is 2.18. The summed E-state index contributed by atoms with van der Waals surface area (Å²) in [6.45, 7) is 1.47. The molecule has 0 unspecified atom stereocenters. The van der Waals surface area contributed by atoms with Crippen molar-refractivity contribution in [3.8, 4) is 0 Å². The van der Waals surface area contributed by atoms with Gasteiger partial charge in [-0.2, -0.15) is 0 Å². The fourth-order valence-electron chi connectivity index (χ4n) is 1.77. The molecule has 2 aromatic rings. The second-order valence-electron chi connectivity index (χ2n) is 4.54.